The maximum atomic E-state index is 12.4. The maximum Gasteiger partial charge on any atom is 0.220 e. The van der Waals surface area contributed by atoms with Crippen molar-refractivity contribution in [3.8, 4) is 5.75 Å². The van der Waals surface area contributed by atoms with Crippen LogP contribution in [0, 0.1) is 0 Å². The van der Waals surface area contributed by atoms with Crippen molar-refractivity contribution in [1.82, 2.24) is 14.9 Å². The Bertz CT molecular complexity index is 896. The van der Waals surface area contributed by atoms with Gasteiger partial charge in [0.15, 0.2) is 0 Å². The molecule has 0 spiro atoms. The van der Waals surface area contributed by atoms with Gasteiger partial charge in [0.2, 0.25) is 5.91 Å². The Kier molecular flexibility index (Phi) is 4.69. The highest BCUT2D eigenvalue weighted by molar-refractivity contribution is 5.87. The minimum Gasteiger partial charge on any atom is -0.497 e. The first kappa shape index (κ1) is 16.8. The largest absolute Gasteiger partial charge is 0.497 e. The normalized spacial score (nSPS) is 16.4. The molecule has 0 saturated heterocycles. The summed E-state index contributed by atoms with van der Waals surface area (Å²) in [4.78, 5) is 15.9. The van der Waals surface area contributed by atoms with Crippen molar-refractivity contribution in [3.63, 3.8) is 0 Å². The molecule has 0 saturated carbocycles. The van der Waals surface area contributed by atoms with Crippen molar-refractivity contribution >= 4 is 16.8 Å². The number of aromatic nitrogens is 2. The summed E-state index contributed by atoms with van der Waals surface area (Å²) >= 11 is 0. The molecule has 2 aromatic heterocycles. The summed E-state index contributed by atoms with van der Waals surface area (Å²) in [5.74, 6) is 1.00. The van der Waals surface area contributed by atoms with Crippen LogP contribution in [-0.4, -0.2) is 22.6 Å². The monoisotopic (exact) mass is 351 g/mol. The summed E-state index contributed by atoms with van der Waals surface area (Å²) < 4.78 is 7.47. The van der Waals surface area contributed by atoms with Crippen LogP contribution in [0.4, 0.5) is 0 Å². The van der Waals surface area contributed by atoms with Gasteiger partial charge in [0, 0.05) is 42.0 Å². The van der Waals surface area contributed by atoms with Crippen LogP contribution in [-0.2, 0) is 17.8 Å². The minimum atomic E-state index is 0.0798. The number of rotatable bonds is 6. The molecular weight excluding hydrogens is 326 g/mol. The van der Waals surface area contributed by atoms with Crippen molar-refractivity contribution in [2.24, 2.45) is 0 Å². The van der Waals surface area contributed by atoms with Crippen LogP contribution < -0.4 is 10.1 Å². The number of methoxy groups -OCH3 is 1. The van der Waals surface area contributed by atoms with Crippen LogP contribution >= 0.6 is 0 Å². The van der Waals surface area contributed by atoms with E-state index in [0.717, 1.165) is 43.5 Å². The molecular formula is C21H25N3O2. The third-order valence-corrected chi connectivity index (χ3v) is 5.24. The number of amides is 1. The number of H-pyrrole nitrogens is 1. The van der Waals surface area contributed by atoms with Crippen LogP contribution in [0.5, 0.6) is 5.75 Å². The lowest BCUT2D eigenvalue weighted by atomic mass is 9.91. The van der Waals surface area contributed by atoms with Gasteiger partial charge in [-0.3, -0.25) is 4.79 Å². The fourth-order valence-electron chi connectivity index (χ4n) is 3.92. The second-order valence-corrected chi connectivity index (χ2v) is 6.97. The fourth-order valence-corrected chi connectivity index (χ4v) is 3.92. The zero-order chi connectivity index (χ0) is 17.9. The van der Waals surface area contributed by atoms with Gasteiger partial charge in [-0.2, -0.15) is 0 Å². The Morgan fingerprint density at radius 2 is 2.19 bits per heavy atom. The van der Waals surface area contributed by atoms with Gasteiger partial charge in [-0.15, -0.1) is 0 Å². The predicted molar refractivity (Wildman–Crippen MR) is 102 cm³/mol. The van der Waals surface area contributed by atoms with E-state index in [1.807, 2.05) is 30.6 Å². The van der Waals surface area contributed by atoms with E-state index in [9.17, 15) is 4.79 Å². The Balaban J connectivity index is 1.44. The van der Waals surface area contributed by atoms with Crippen LogP contribution in [0.15, 0.2) is 42.7 Å². The number of carbonyl (C=O) groups excluding carboxylic acids is 1. The van der Waals surface area contributed by atoms with E-state index < -0.39 is 0 Å². The van der Waals surface area contributed by atoms with E-state index in [1.54, 1.807) is 7.11 Å². The third-order valence-electron chi connectivity index (χ3n) is 5.24. The molecule has 1 aliphatic carbocycles. The first-order valence-corrected chi connectivity index (χ1v) is 9.33. The van der Waals surface area contributed by atoms with Crippen LogP contribution in [0.3, 0.4) is 0 Å². The maximum absolute atomic E-state index is 12.4. The quantitative estimate of drug-likeness (QED) is 0.706. The highest BCUT2D eigenvalue weighted by Gasteiger charge is 2.25. The number of carbonyl (C=O) groups is 1. The molecule has 2 N–H and O–H groups in total. The van der Waals surface area contributed by atoms with E-state index in [-0.39, 0.29) is 11.9 Å². The van der Waals surface area contributed by atoms with E-state index in [0.29, 0.717) is 6.42 Å². The summed E-state index contributed by atoms with van der Waals surface area (Å²) in [5, 5.41) is 4.45. The SMILES string of the molecule is COc1ccc2[nH]c3c(c2c1)CCC[C@H]3NC(=O)CCCn1cccc1. The number of aryl methyl sites for hydroxylation is 2. The molecule has 136 valence electrons. The van der Waals surface area contributed by atoms with Gasteiger partial charge in [-0.25, -0.2) is 0 Å². The van der Waals surface area contributed by atoms with E-state index in [4.69, 9.17) is 4.74 Å². The fraction of sp³-hybridized carbons (Fsp3) is 0.381. The molecule has 1 atom stereocenters. The molecule has 0 fully saturated rings. The van der Waals surface area contributed by atoms with E-state index >= 15 is 0 Å². The van der Waals surface area contributed by atoms with Gasteiger partial charge in [0.1, 0.15) is 5.75 Å². The Morgan fingerprint density at radius 3 is 3.00 bits per heavy atom. The molecule has 5 heteroatoms. The lowest BCUT2D eigenvalue weighted by Gasteiger charge is -2.24. The molecule has 4 rings (SSSR count). The zero-order valence-corrected chi connectivity index (χ0v) is 15.1. The molecule has 1 aliphatic rings. The number of hydrogen-bond donors (Lipinski definition) is 2. The summed E-state index contributed by atoms with van der Waals surface area (Å²) in [6.45, 7) is 0.877. The minimum absolute atomic E-state index is 0.0798. The number of hydrogen-bond acceptors (Lipinski definition) is 2. The molecule has 0 bridgehead atoms. The number of ether oxygens (including phenoxy) is 1. The van der Waals surface area contributed by atoms with E-state index in [1.165, 1.54) is 16.6 Å². The smallest absolute Gasteiger partial charge is 0.220 e. The first-order chi connectivity index (χ1) is 12.7. The molecule has 1 amide bonds. The van der Waals surface area contributed by atoms with Crippen molar-refractivity contribution in [3.05, 3.63) is 54.0 Å². The molecule has 0 unspecified atom stereocenters. The number of aromatic amines is 1. The average molecular weight is 351 g/mol. The van der Waals surface area contributed by atoms with Gasteiger partial charge in [0.05, 0.1) is 13.2 Å². The van der Waals surface area contributed by atoms with Gasteiger partial charge in [0.25, 0.3) is 0 Å². The molecule has 0 radical (unpaired) electrons. The van der Waals surface area contributed by atoms with E-state index in [2.05, 4.69) is 27.0 Å². The Labute approximate surface area is 153 Å². The van der Waals surface area contributed by atoms with Gasteiger partial charge in [-0.1, -0.05) is 0 Å². The van der Waals surface area contributed by atoms with Gasteiger partial charge < -0.3 is 19.6 Å². The number of nitrogens with zero attached hydrogens (tertiary/aromatic N) is 1. The van der Waals surface area contributed by atoms with Crippen molar-refractivity contribution in [2.45, 2.75) is 44.7 Å². The highest BCUT2D eigenvalue weighted by Crippen LogP contribution is 2.36. The summed E-state index contributed by atoms with van der Waals surface area (Å²) in [6, 6.07) is 10.2. The summed E-state index contributed by atoms with van der Waals surface area (Å²) in [6.07, 6.45) is 8.59. The number of benzene rings is 1. The van der Waals surface area contributed by atoms with Crippen molar-refractivity contribution < 1.29 is 9.53 Å². The number of fused-ring (bicyclic) bond motifs is 3. The molecule has 5 nitrogen and oxygen atoms in total. The predicted octanol–water partition coefficient (Wildman–Crippen LogP) is 3.95. The Morgan fingerprint density at radius 1 is 1.35 bits per heavy atom. The molecule has 1 aromatic carbocycles. The Hall–Kier alpha value is -2.69. The summed E-state index contributed by atoms with van der Waals surface area (Å²) in [7, 11) is 1.69. The second-order valence-electron chi connectivity index (χ2n) is 6.97. The average Bonchev–Trinajstić information content (AvgIpc) is 3.29. The lowest BCUT2D eigenvalue weighted by molar-refractivity contribution is -0.122. The summed E-state index contributed by atoms with van der Waals surface area (Å²) in [5.41, 5.74) is 3.60. The molecule has 26 heavy (non-hydrogen) atoms. The lowest BCUT2D eigenvalue weighted by Crippen LogP contribution is -2.31. The second kappa shape index (κ2) is 7.28. The number of nitrogens with one attached hydrogen (secondary N) is 2. The third kappa shape index (κ3) is 3.34. The van der Waals surface area contributed by atoms with Gasteiger partial charge in [-0.05, 0) is 61.6 Å². The van der Waals surface area contributed by atoms with Crippen LogP contribution in [0.25, 0.3) is 10.9 Å². The topological polar surface area (TPSA) is 59.0 Å². The first-order valence-electron chi connectivity index (χ1n) is 9.33. The molecule has 2 heterocycles. The molecule has 0 aliphatic heterocycles. The highest BCUT2D eigenvalue weighted by atomic mass is 16.5. The van der Waals surface area contributed by atoms with Crippen molar-refractivity contribution in [1.29, 1.82) is 0 Å². The zero-order valence-electron chi connectivity index (χ0n) is 15.1. The van der Waals surface area contributed by atoms with Gasteiger partial charge >= 0.3 is 0 Å². The van der Waals surface area contributed by atoms with Crippen molar-refractivity contribution in [2.75, 3.05) is 7.11 Å². The van der Waals surface area contributed by atoms with Crippen LogP contribution in [0.2, 0.25) is 0 Å². The standard InChI is InChI=1S/C21H25N3O2/c1-26-15-9-10-18-17(14-15)16-6-4-7-19(21(16)23-18)22-20(25)8-5-13-24-11-2-3-12-24/h2-3,9-12,14,19,23H,4-8,13H2,1H3,(H,22,25)/t19-/m1/s1. The van der Waals surface area contributed by atoms with Crippen LogP contribution in [0.1, 0.15) is 43.0 Å². The molecule has 3 aromatic rings.